The zero-order valence-corrected chi connectivity index (χ0v) is 15.0. The lowest BCUT2D eigenvalue weighted by Crippen LogP contribution is -2.29. The molecule has 0 aliphatic carbocycles. The number of carbonyl (C=O) groups excluding carboxylic acids is 1. The van der Waals surface area contributed by atoms with E-state index in [2.05, 4.69) is 19.9 Å². The van der Waals surface area contributed by atoms with Crippen LogP contribution in [0.2, 0.25) is 0 Å². The molecule has 3 rings (SSSR count). The fourth-order valence-corrected chi connectivity index (χ4v) is 2.81. The van der Waals surface area contributed by atoms with Crippen LogP contribution in [-0.2, 0) is 17.8 Å². The molecule has 1 aromatic carbocycles. The summed E-state index contributed by atoms with van der Waals surface area (Å²) in [5, 5.41) is 2.97. The summed E-state index contributed by atoms with van der Waals surface area (Å²) in [6, 6.07) is 11.4. The van der Waals surface area contributed by atoms with Crippen LogP contribution in [0.25, 0.3) is 11.4 Å². The highest BCUT2D eigenvalue weighted by Crippen LogP contribution is 2.18. The van der Waals surface area contributed by atoms with Gasteiger partial charge in [0.2, 0.25) is 5.91 Å². The van der Waals surface area contributed by atoms with Gasteiger partial charge in [-0.1, -0.05) is 12.1 Å². The van der Waals surface area contributed by atoms with Crippen LogP contribution in [0.5, 0.6) is 5.75 Å². The smallest absolute Gasteiger partial charge is 0.224 e. The van der Waals surface area contributed by atoms with E-state index in [4.69, 9.17) is 4.74 Å². The van der Waals surface area contributed by atoms with Gasteiger partial charge in [-0.15, -0.1) is 0 Å². The Balaban J connectivity index is 1.58. The molecule has 0 spiro atoms. The average molecular weight is 350 g/mol. The molecule has 0 fully saturated rings. The Bertz CT molecular complexity index is 875. The van der Waals surface area contributed by atoms with E-state index in [0.717, 1.165) is 28.4 Å². The molecule has 0 unspecified atom stereocenters. The summed E-state index contributed by atoms with van der Waals surface area (Å²) < 4.78 is 7.27. The molecule has 0 bridgehead atoms. The van der Waals surface area contributed by atoms with Crippen LogP contribution in [-0.4, -0.2) is 34.1 Å². The van der Waals surface area contributed by atoms with E-state index in [-0.39, 0.29) is 5.91 Å². The normalized spacial score (nSPS) is 10.5. The van der Waals surface area contributed by atoms with Crippen molar-refractivity contribution in [3.05, 3.63) is 66.2 Å². The maximum absolute atomic E-state index is 12.2. The second-order valence-corrected chi connectivity index (χ2v) is 5.99. The molecule has 6 nitrogen and oxygen atoms in total. The van der Waals surface area contributed by atoms with Crippen LogP contribution < -0.4 is 10.1 Å². The highest BCUT2D eigenvalue weighted by Gasteiger charge is 2.10. The number of nitrogens with one attached hydrogen (secondary N) is 1. The Morgan fingerprint density at radius 3 is 2.88 bits per heavy atom. The van der Waals surface area contributed by atoms with E-state index in [9.17, 15) is 4.79 Å². The van der Waals surface area contributed by atoms with Crippen LogP contribution in [0.3, 0.4) is 0 Å². The number of amides is 1. The summed E-state index contributed by atoms with van der Waals surface area (Å²) in [5.74, 6) is 1.60. The van der Waals surface area contributed by atoms with E-state index in [1.54, 1.807) is 19.5 Å². The summed E-state index contributed by atoms with van der Waals surface area (Å²) in [6.07, 6.45) is 5.69. The maximum Gasteiger partial charge on any atom is 0.224 e. The van der Waals surface area contributed by atoms with Gasteiger partial charge < -0.3 is 14.6 Å². The summed E-state index contributed by atoms with van der Waals surface area (Å²) in [5.41, 5.74) is 2.94. The van der Waals surface area contributed by atoms with Gasteiger partial charge >= 0.3 is 0 Å². The third kappa shape index (κ3) is 4.27. The number of imidazole rings is 1. The van der Waals surface area contributed by atoms with Crippen LogP contribution in [0.15, 0.2) is 55.0 Å². The lowest BCUT2D eigenvalue weighted by atomic mass is 10.1. The molecule has 0 radical (unpaired) electrons. The third-order valence-electron chi connectivity index (χ3n) is 4.13. The Morgan fingerprint density at radius 2 is 2.12 bits per heavy atom. The second kappa shape index (κ2) is 8.29. The van der Waals surface area contributed by atoms with E-state index < -0.39 is 0 Å². The molecule has 1 amide bonds. The van der Waals surface area contributed by atoms with Crippen molar-refractivity contribution in [3.63, 3.8) is 0 Å². The lowest BCUT2D eigenvalue weighted by Gasteiger charge is -2.11. The summed E-state index contributed by atoms with van der Waals surface area (Å²) in [4.78, 5) is 20.8. The molecule has 0 aliphatic heterocycles. The zero-order valence-electron chi connectivity index (χ0n) is 15.0. The predicted octanol–water partition coefficient (Wildman–Crippen LogP) is 2.62. The quantitative estimate of drug-likeness (QED) is 0.711. The molecule has 0 saturated heterocycles. The molecule has 0 saturated carbocycles. The van der Waals surface area contributed by atoms with Crippen molar-refractivity contribution in [2.45, 2.75) is 19.9 Å². The Kier molecular flexibility index (Phi) is 5.63. The number of ether oxygens (including phenoxy) is 1. The number of hydrogen-bond donors (Lipinski definition) is 1. The lowest BCUT2D eigenvalue weighted by molar-refractivity contribution is -0.120. The summed E-state index contributed by atoms with van der Waals surface area (Å²) in [7, 11) is 1.62. The van der Waals surface area contributed by atoms with Gasteiger partial charge in [0, 0.05) is 42.9 Å². The summed E-state index contributed by atoms with van der Waals surface area (Å²) in [6.45, 7) is 3.19. The Morgan fingerprint density at radius 1 is 1.23 bits per heavy atom. The number of benzene rings is 1. The number of nitrogens with zero attached hydrogens (tertiary/aromatic N) is 3. The third-order valence-corrected chi connectivity index (χ3v) is 4.13. The van der Waals surface area contributed by atoms with Crippen LogP contribution in [0.1, 0.15) is 11.3 Å². The first-order valence-corrected chi connectivity index (χ1v) is 8.49. The highest BCUT2D eigenvalue weighted by molar-refractivity contribution is 5.78. The molecule has 26 heavy (non-hydrogen) atoms. The van der Waals surface area contributed by atoms with E-state index >= 15 is 0 Å². The topological polar surface area (TPSA) is 69.0 Å². The first-order chi connectivity index (χ1) is 12.7. The second-order valence-electron chi connectivity index (χ2n) is 5.99. The Hall–Kier alpha value is -3.15. The Labute approximate surface area is 152 Å². The van der Waals surface area contributed by atoms with Crippen LogP contribution in [0, 0.1) is 6.92 Å². The van der Waals surface area contributed by atoms with Gasteiger partial charge in [0.15, 0.2) is 0 Å². The molecule has 0 atom stereocenters. The fourth-order valence-electron chi connectivity index (χ4n) is 2.81. The van der Waals surface area contributed by atoms with E-state index in [1.807, 2.05) is 49.5 Å². The van der Waals surface area contributed by atoms with Crippen molar-refractivity contribution in [3.8, 4) is 17.1 Å². The standard InChI is InChI=1S/C20H22N4O2/c1-15-13-23-20(17-6-4-8-21-14-17)24(15)10-9-22-19(25)12-16-5-3-7-18(11-16)26-2/h3-8,11,13-14H,9-10,12H2,1-2H3,(H,22,25). The molecule has 0 aliphatic rings. The zero-order chi connectivity index (χ0) is 18.4. The number of hydrogen-bond acceptors (Lipinski definition) is 4. The fraction of sp³-hybridized carbons (Fsp3) is 0.250. The maximum atomic E-state index is 12.2. The molecule has 2 aromatic heterocycles. The number of carbonyl (C=O) groups is 1. The average Bonchev–Trinajstić information content (AvgIpc) is 3.03. The minimum atomic E-state index is -0.0149. The van der Waals surface area contributed by atoms with Gasteiger partial charge in [0.1, 0.15) is 11.6 Å². The van der Waals surface area contributed by atoms with E-state index in [0.29, 0.717) is 19.5 Å². The largest absolute Gasteiger partial charge is 0.497 e. The monoisotopic (exact) mass is 350 g/mol. The molecular weight excluding hydrogens is 328 g/mol. The number of aromatic nitrogens is 3. The minimum Gasteiger partial charge on any atom is -0.497 e. The molecule has 1 N–H and O–H groups in total. The van der Waals surface area contributed by atoms with Gasteiger partial charge in [-0.2, -0.15) is 0 Å². The van der Waals surface area contributed by atoms with Crippen LogP contribution >= 0.6 is 0 Å². The predicted molar refractivity (Wildman–Crippen MR) is 99.9 cm³/mol. The van der Waals surface area contributed by atoms with Gasteiger partial charge in [-0.3, -0.25) is 9.78 Å². The van der Waals surface area contributed by atoms with Crippen molar-refractivity contribution < 1.29 is 9.53 Å². The van der Waals surface area contributed by atoms with Crippen molar-refractivity contribution in [2.75, 3.05) is 13.7 Å². The number of aryl methyl sites for hydroxylation is 1. The van der Waals surface area contributed by atoms with E-state index in [1.165, 1.54) is 0 Å². The van der Waals surface area contributed by atoms with Crippen molar-refractivity contribution in [1.82, 2.24) is 19.9 Å². The summed E-state index contributed by atoms with van der Waals surface area (Å²) >= 11 is 0. The van der Waals surface area contributed by atoms with Gasteiger partial charge in [0.05, 0.1) is 13.5 Å². The highest BCUT2D eigenvalue weighted by atomic mass is 16.5. The first-order valence-electron chi connectivity index (χ1n) is 8.49. The first kappa shape index (κ1) is 17.7. The van der Waals surface area contributed by atoms with Crippen molar-refractivity contribution in [1.29, 1.82) is 0 Å². The number of pyridine rings is 1. The molecular formula is C20H22N4O2. The van der Waals surface area contributed by atoms with Gasteiger partial charge in [-0.05, 0) is 36.8 Å². The SMILES string of the molecule is COc1cccc(CC(=O)NCCn2c(C)cnc2-c2cccnc2)c1. The van der Waals surface area contributed by atoms with Crippen molar-refractivity contribution >= 4 is 5.91 Å². The van der Waals surface area contributed by atoms with Gasteiger partial charge in [0.25, 0.3) is 0 Å². The molecule has 3 aromatic rings. The molecule has 6 heteroatoms. The van der Waals surface area contributed by atoms with Gasteiger partial charge in [-0.25, -0.2) is 4.98 Å². The van der Waals surface area contributed by atoms with Crippen LogP contribution in [0.4, 0.5) is 0 Å². The number of rotatable bonds is 7. The molecule has 2 heterocycles. The number of methoxy groups -OCH3 is 1. The van der Waals surface area contributed by atoms with Crippen molar-refractivity contribution in [2.24, 2.45) is 0 Å². The molecule has 134 valence electrons. The minimum absolute atomic E-state index is 0.0149.